The fourth-order valence-corrected chi connectivity index (χ4v) is 2.86. The molecule has 3 heterocycles. The maximum Gasteiger partial charge on any atom is 0.154 e. The van der Waals surface area contributed by atoms with Gasteiger partial charge in [0, 0.05) is 16.5 Å². The van der Waals surface area contributed by atoms with E-state index in [1.165, 1.54) is 12.1 Å². The second-order valence-corrected chi connectivity index (χ2v) is 5.45. The van der Waals surface area contributed by atoms with Crippen LogP contribution in [-0.2, 0) is 0 Å². The molecule has 0 aliphatic rings. The van der Waals surface area contributed by atoms with E-state index in [2.05, 4.69) is 15.5 Å². The second kappa shape index (κ2) is 4.79. The molecule has 5 heteroatoms. The summed E-state index contributed by atoms with van der Waals surface area (Å²) in [4.78, 5) is 4.52. The average molecular weight is 295 g/mol. The van der Waals surface area contributed by atoms with E-state index in [9.17, 15) is 4.39 Å². The average Bonchev–Trinajstić information content (AvgIpc) is 3.16. The van der Waals surface area contributed by atoms with Gasteiger partial charge in [-0.05, 0) is 47.8 Å². The zero-order valence-corrected chi connectivity index (χ0v) is 11.7. The minimum Gasteiger partial charge on any atom is -0.227 e. The van der Waals surface area contributed by atoms with Gasteiger partial charge in [0.1, 0.15) is 5.82 Å². The van der Waals surface area contributed by atoms with Crippen molar-refractivity contribution in [2.75, 3.05) is 0 Å². The number of halogens is 1. The lowest BCUT2D eigenvalue weighted by Crippen LogP contribution is -1.91. The third-order valence-corrected chi connectivity index (χ3v) is 3.96. The highest BCUT2D eigenvalue weighted by Crippen LogP contribution is 2.22. The van der Waals surface area contributed by atoms with Gasteiger partial charge in [0.25, 0.3) is 0 Å². The van der Waals surface area contributed by atoms with Gasteiger partial charge in [-0.2, -0.15) is 16.4 Å². The largest absolute Gasteiger partial charge is 0.227 e. The summed E-state index contributed by atoms with van der Waals surface area (Å²) in [6.07, 6.45) is 1.86. The van der Waals surface area contributed by atoms with Crippen molar-refractivity contribution in [2.45, 2.75) is 0 Å². The number of fused-ring (bicyclic) bond motifs is 1. The summed E-state index contributed by atoms with van der Waals surface area (Å²) in [6, 6.07) is 12.2. The van der Waals surface area contributed by atoms with Crippen LogP contribution in [-0.4, -0.2) is 14.6 Å². The van der Waals surface area contributed by atoms with Crippen molar-refractivity contribution < 1.29 is 4.39 Å². The zero-order chi connectivity index (χ0) is 14.2. The molecule has 0 saturated carbocycles. The Kier molecular flexibility index (Phi) is 2.79. The highest BCUT2D eigenvalue weighted by Gasteiger charge is 2.07. The van der Waals surface area contributed by atoms with Crippen LogP contribution in [0.5, 0.6) is 0 Å². The van der Waals surface area contributed by atoms with E-state index < -0.39 is 0 Å². The molecule has 0 aliphatic heterocycles. The molecule has 0 radical (unpaired) electrons. The molecule has 0 spiro atoms. The summed E-state index contributed by atoms with van der Waals surface area (Å²) in [5.41, 5.74) is 4.43. The number of hydrogen-bond donors (Lipinski definition) is 0. The summed E-state index contributed by atoms with van der Waals surface area (Å²) in [5.74, 6) is -0.250. The molecule has 21 heavy (non-hydrogen) atoms. The Morgan fingerprint density at radius 1 is 0.905 bits per heavy atom. The van der Waals surface area contributed by atoms with Crippen LogP contribution >= 0.6 is 11.3 Å². The molecule has 3 nitrogen and oxygen atoms in total. The standard InChI is InChI=1S/C16H10FN3S/c17-13-3-1-11(2-4-13)15-9-20-16(18-15)6-5-14(19-20)12-7-8-21-10-12/h1-10H. The Morgan fingerprint density at radius 3 is 2.52 bits per heavy atom. The van der Waals surface area contributed by atoms with Crippen molar-refractivity contribution in [1.29, 1.82) is 0 Å². The highest BCUT2D eigenvalue weighted by atomic mass is 32.1. The normalized spacial score (nSPS) is 11.1. The molecular weight excluding hydrogens is 285 g/mol. The lowest BCUT2D eigenvalue weighted by Gasteiger charge is -1.97. The number of rotatable bonds is 2. The predicted molar refractivity (Wildman–Crippen MR) is 81.7 cm³/mol. The molecule has 4 aromatic rings. The zero-order valence-electron chi connectivity index (χ0n) is 10.9. The summed E-state index contributed by atoms with van der Waals surface area (Å²) in [7, 11) is 0. The van der Waals surface area contributed by atoms with Gasteiger partial charge < -0.3 is 0 Å². The van der Waals surface area contributed by atoms with E-state index in [0.29, 0.717) is 0 Å². The first kappa shape index (κ1) is 12.2. The Bertz CT molecular complexity index is 895. The monoisotopic (exact) mass is 295 g/mol. The van der Waals surface area contributed by atoms with Crippen LogP contribution in [0.2, 0.25) is 0 Å². The summed E-state index contributed by atoms with van der Waals surface area (Å²) in [5, 5.41) is 8.66. The molecule has 0 fully saturated rings. The van der Waals surface area contributed by atoms with Gasteiger partial charge in [0.2, 0.25) is 0 Å². The Morgan fingerprint density at radius 2 is 1.76 bits per heavy atom. The van der Waals surface area contributed by atoms with Crippen LogP contribution in [0.3, 0.4) is 0 Å². The first-order valence-corrected chi connectivity index (χ1v) is 7.39. The molecule has 3 aromatic heterocycles. The second-order valence-electron chi connectivity index (χ2n) is 4.67. The van der Waals surface area contributed by atoms with Crippen molar-refractivity contribution in [1.82, 2.24) is 14.6 Å². The fourth-order valence-electron chi connectivity index (χ4n) is 2.21. The van der Waals surface area contributed by atoms with Gasteiger partial charge >= 0.3 is 0 Å². The Labute approximate surface area is 124 Å². The van der Waals surface area contributed by atoms with Gasteiger partial charge in [-0.3, -0.25) is 0 Å². The predicted octanol–water partition coefficient (Wildman–Crippen LogP) is 4.26. The van der Waals surface area contributed by atoms with Crippen molar-refractivity contribution in [3.8, 4) is 22.5 Å². The first-order chi connectivity index (χ1) is 10.3. The minimum atomic E-state index is -0.250. The van der Waals surface area contributed by atoms with Crippen LogP contribution in [0, 0.1) is 5.82 Å². The number of nitrogens with zero attached hydrogens (tertiary/aromatic N) is 3. The molecule has 4 rings (SSSR count). The number of thiophene rings is 1. The SMILES string of the molecule is Fc1ccc(-c2cn3nc(-c4ccsc4)ccc3n2)cc1. The van der Waals surface area contributed by atoms with Crippen molar-refractivity contribution >= 4 is 17.0 Å². The van der Waals surface area contributed by atoms with Gasteiger partial charge in [-0.25, -0.2) is 13.9 Å². The molecule has 1 aromatic carbocycles. The van der Waals surface area contributed by atoms with Crippen LogP contribution in [0.4, 0.5) is 4.39 Å². The number of imidazole rings is 1. The smallest absolute Gasteiger partial charge is 0.154 e. The van der Waals surface area contributed by atoms with Crippen LogP contribution in [0.25, 0.3) is 28.2 Å². The van der Waals surface area contributed by atoms with E-state index >= 15 is 0 Å². The molecule has 0 amide bonds. The van der Waals surface area contributed by atoms with Crippen LogP contribution < -0.4 is 0 Å². The third kappa shape index (κ3) is 2.21. The molecule has 0 saturated heterocycles. The molecule has 0 N–H and O–H groups in total. The summed E-state index contributed by atoms with van der Waals surface area (Å²) >= 11 is 1.64. The van der Waals surface area contributed by atoms with Gasteiger partial charge in [-0.1, -0.05) is 0 Å². The van der Waals surface area contributed by atoms with E-state index in [1.54, 1.807) is 28.0 Å². The quantitative estimate of drug-likeness (QED) is 0.553. The Hall–Kier alpha value is -2.53. The van der Waals surface area contributed by atoms with Gasteiger partial charge in [0.15, 0.2) is 5.65 Å². The van der Waals surface area contributed by atoms with Crippen LogP contribution in [0.15, 0.2) is 59.4 Å². The van der Waals surface area contributed by atoms with E-state index in [1.807, 2.05) is 29.8 Å². The number of hydrogen-bond acceptors (Lipinski definition) is 3. The van der Waals surface area contributed by atoms with Gasteiger partial charge in [0.05, 0.1) is 17.6 Å². The molecular formula is C16H10FN3S. The van der Waals surface area contributed by atoms with Crippen molar-refractivity contribution in [3.63, 3.8) is 0 Å². The molecule has 0 bridgehead atoms. The lowest BCUT2D eigenvalue weighted by molar-refractivity contribution is 0.628. The highest BCUT2D eigenvalue weighted by molar-refractivity contribution is 7.08. The van der Waals surface area contributed by atoms with E-state index in [0.717, 1.165) is 28.2 Å². The van der Waals surface area contributed by atoms with E-state index in [4.69, 9.17) is 0 Å². The van der Waals surface area contributed by atoms with Crippen molar-refractivity contribution in [2.24, 2.45) is 0 Å². The lowest BCUT2D eigenvalue weighted by atomic mass is 10.2. The number of benzene rings is 1. The van der Waals surface area contributed by atoms with Gasteiger partial charge in [-0.15, -0.1) is 0 Å². The first-order valence-electron chi connectivity index (χ1n) is 6.44. The topological polar surface area (TPSA) is 30.2 Å². The minimum absolute atomic E-state index is 0.250. The van der Waals surface area contributed by atoms with E-state index in [-0.39, 0.29) is 5.82 Å². The molecule has 0 aliphatic carbocycles. The number of aromatic nitrogens is 3. The maximum absolute atomic E-state index is 13.0. The summed E-state index contributed by atoms with van der Waals surface area (Å²) in [6.45, 7) is 0. The maximum atomic E-state index is 13.0. The molecule has 0 unspecified atom stereocenters. The van der Waals surface area contributed by atoms with Crippen LogP contribution in [0.1, 0.15) is 0 Å². The fraction of sp³-hybridized carbons (Fsp3) is 0. The summed E-state index contributed by atoms with van der Waals surface area (Å²) < 4.78 is 14.7. The van der Waals surface area contributed by atoms with Crippen molar-refractivity contribution in [3.05, 3.63) is 65.2 Å². The molecule has 0 atom stereocenters. The molecule has 102 valence electrons. The third-order valence-electron chi connectivity index (χ3n) is 3.28. The Balaban J connectivity index is 1.81.